The van der Waals surface area contributed by atoms with Crippen LogP contribution in [0.3, 0.4) is 0 Å². The maximum absolute atomic E-state index is 11.8. The zero-order valence-electron chi connectivity index (χ0n) is 12.6. The molecule has 0 aromatic carbocycles. The maximum Gasteiger partial charge on any atom is 0.355 e. The van der Waals surface area contributed by atoms with Gasteiger partial charge in [0.25, 0.3) is 0 Å². The number of carbonyl (C=O) groups is 1. The van der Waals surface area contributed by atoms with E-state index in [9.17, 15) is 9.90 Å². The number of thiophene rings is 1. The van der Waals surface area contributed by atoms with Crippen LogP contribution in [0, 0.1) is 17.8 Å². The fourth-order valence-corrected chi connectivity index (χ4v) is 7.19. The minimum Gasteiger partial charge on any atom is -0.476 e. The molecule has 23 heavy (non-hydrogen) atoms. The van der Waals surface area contributed by atoms with E-state index >= 15 is 0 Å². The Morgan fingerprint density at radius 2 is 2.04 bits per heavy atom. The van der Waals surface area contributed by atoms with Crippen molar-refractivity contribution in [2.75, 3.05) is 19.6 Å². The quantitative estimate of drug-likeness (QED) is 0.922. The van der Waals surface area contributed by atoms with Crippen molar-refractivity contribution >= 4 is 28.6 Å². The summed E-state index contributed by atoms with van der Waals surface area (Å²) in [6.45, 7) is 3.54. The van der Waals surface area contributed by atoms with Crippen LogP contribution in [0.15, 0.2) is 17.5 Å². The van der Waals surface area contributed by atoms with Crippen molar-refractivity contribution in [1.82, 2.24) is 9.88 Å². The number of piperidine rings is 3. The Morgan fingerprint density at radius 3 is 2.65 bits per heavy atom. The molecule has 2 atom stereocenters. The minimum absolute atomic E-state index is 0.311. The number of carboxylic acid groups (broad SMARTS) is 1. The fourth-order valence-electron chi connectivity index (χ4n) is 5.05. The average Bonchev–Trinajstić information content (AvgIpc) is 3.15. The van der Waals surface area contributed by atoms with Gasteiger partial charge < -0.3 is 10.0 Å². The Hall–Kier alpha value is -1.24. The Balaban J connectivity index is 1.58. The Bertz CT molecular complexity index is 725. The van der Waals surface area contributed by atoms with Gasteiger partial charge in [-0.25, -0.2) is 9.78 Å². The molecule has 6 heteroatoms. The molecule has 0 spiro atoms. The van der Waals surface area contributed by atoms with Gasteiger partial charge in [0, 0.05) is 30.4 Å². The van der Waals surface area contributed by atoms with E-state index in [1.165, 1.54) is 19.4 Å². The predicted molar refractivity (Wildman–Crippen MR) is 91.3 cm³/mol. The lowest BCUT2D eigenvalue weighted by atomic mass is 9.61. The highest BCUT2D eigenvalue weighted by Crippen LogP contribution is 2.53. The monoisotopic (exact) mass is 346 g/mol. The summed E-state index contributed by atoms with van der Waals surface area (Å²) < 4.78 is 0. The molecule has 3 saturated heterocycles. The Labute approximate surface area is 142 Å². The SMILES string of the molecule is O=C(O)c1nc(-c2cccs2)sc1C1C2CC3CC1CN(C3)C2. The van der Waals surface area contributed by atoms with Gasteiger partial charge >= 0.3 is 5.97 Å². The highest BCUT2D eigenvalue weighted by atomic mass is 32.1. The second-order valence-electron chi connectivity index (χ2n) is 7.12. The van der Waals surface area contributed by atoms with Gasteiger partial charge in [-0.1, -0.05) is 6.07 Å². The molecule has 5 heterocycles. The highest BCUT2D eigenvalue weighted by Gasteiger charge is 2.49. The van der Waals surface area contributed by atoms with E-state index < -0.39 is 5.97 Å². The highest BCUT2D eigenvalue weighted by molar-refractivity contribution is 7.21. The van der Waals surface area contributed by atoms with Crippen LogP contribution < -0.4 is 0 Å². The summed E-state index contributed by atoms with van der Waals surface area (Å²) in [5.74, 6) is 1.61. The fraction of sp³-hybridized carbons (Fsp3) is 0.529. The van der Waals surface area contributed by atoms with Crippen molar-refractivity contribution in [3.8, 4) is 9.88 Å². The van der Waals surface area contributed by atoms with Gasteiger partial charge in [0.15, 0.2) is 5.69 Å². The van der Waals surface area contributed by atoms with Gasteiger partial charge in [-0.2, -0.15) is 0 Å². The summed E-state index contributed by atoms with van der Waals surface area (Å²) in [6, 6.07) is 4.03. The van der Waals surface area contributed by atoms with Crippen molar-refractivity contribution in [2.45, 2.75) is 18.8 Å². The molecule has 3 aliphatic heterocycles. The third kappa shape index (κ3) is 2.19. The lowest BCUT2D eigenvalue weighted by Gasteiger charge is -2.55. The third-order valence-electron chi connectivity index (χ3n) is 5.68. The van der Waals surface area contributed by atoms with Crippen LogP contribution in [0.1, 0.15) is 34.1 Å². The van der Waals surface area contributed by atoms with E-state index in [-0.39, 0.29) is 0 Å². The molecular weight excluding hydrogens is 328 g/mol. The molecule has 0 radical (unpaired) electrons. The lowest BCUT2D eigenvalue weighted by Crippen LogP contribution is -2.56. The van der Waals surface area contributed by atoms with Crippen molar-refractivity contribution in [2.24, 2.45) is 17.8 Å². The molecule has 120 valence electrons. The van der Waals surface area contributed by atoms with Crippen LogP contribution in [0.5, 0.6) is 0 Å². The molecule has 4 nitrogen and oxygen atoms in total. The summed E-state index contributed by atoms with van der Waals surface area (Å²) in [4.78, 5) is 21.0. The molecule has 4 bridgehead atoms. The first-order valence-corrected chi connectivity index (χ1v) is 9.89. The largest absolute Gasteiger partial charge is 0.476 e. The molecular formula is C17H18N2O2S2. The van der Waals surface area contributed by atoms with Crippen molar-refractivity contribution in [3.05, 3.63) is 28.1 Å². The number of nitrogens with zero attached hydrogens (tertiary/aromatic N) is 2. The minimum atomic E-state index is -0.867. The predicted octanol–water partition coefficient (Wildman–Crippen LogP) is 3.63. The van der Waals surface area contributed by atoms with E-state index in [1.54, 1.807) is 22.7 Å². The summed E-state index contributed by atoms with van der Waals surface area (Å²) in [7, 11) is 0. The number of hydrogen-bond acceptors (Lipinski definition) is 5. The standard InChI is InChI=1S/C17H18N2O2S2/c20-17(21)14-15(23-16(18-14)12-2-1-3-22-12)13-10-4-9-5-11(13)8-19(6-9)7-10/h1-3,9-11,13H,4-8H2,(H,20,21). The summed E-state index contributed by atoms with van der Waals surface area (Å²) >= 11 is 3.26. The topological polar surface area (TPSA) is 53.4 Å². The van der Waals surface area contributed by atoms with Gasteiger partial charge in [0.1, 0.15) is 5.01 Å². The van der Waals surface area contributed by atoms with Crippen molar-refractivity contribution < 1.29 is 9.90 Å². The van der Waals surface area contributed by atoms with E-state index in [4.69, 9.17) is 0 Å². The molecule has 2 unspecified atom stereocenters. The van der Waals surface area contributed by atoms with Gasteiger partial charge in [0.2, 0.25) is 0 Å². The first-order chi connectivity index (χ1) is 11.2. The molecule has 0 amide bonds. The summed E-state index contributed by atoms with van der Waals surface area (Å²) in [6.07, 6.45) is 2.53. The molecule has 2 aromatic rings. The molecule has 4 fully saturated rings. The maximum atomic E-state index is 11.8. The number of thiazole rings is 1. The van der Waals surface area contributed by atoms with Gasteiger partial charge in [-0.3, -0.25) is 0 Å². The third-order valence-corrected chi connectivity index (χ3v) is 7.88. The first kappa shape index (κ1) is 14.1. The zero-order valence-corrected chi connectivity index (χ0v) is 14.3. The van der Waals surface area contributed by atoms with E-state index in [1.807, 2.05) is 17.5 Å². The molecule has 4 aliphatic rings. The normalized spacial score (nSPS) is 34.9. The van der Waals surface area contributed by atoms with Crippen LogP contribution >= 0.6 is 22.7 Å². The van der Waals surface area contributed by atoms with E-state index in [0.29, 0.717) is 23.4 Å². The molecule has 1 aliphatic carbocycles. The van der Waals surface area contributed by atoms with E-state index in [0.717, 1.165) is 33.8 Å². The van der Waals surface area contributed by atoms with Crippen LogP contribution in [0.4, 0.5) is 0 Å². The second-order valence-corrected chi connectivity index (χ2v) is 9.09. The molecule has 2 aromatic heterocycles. The first-order valence-electron chi connectivity index (χ1n) is 8.19. The van der Waals surface area contributed by atoms with Crippen LogP contribution in [0.2, 0.25) is 0 Å². The smallest absolute Gasteiger partial charge is 0.355 e. The number of hydrogen-bond donors (Lipinski definition) is 1. The molecule has 1 saturated carbocycles. The van der Waals surface area contributed by atoms with E-state index in [2.05, 4.69) is 9.88 Å². The molecule has 1 N–H and O–H groups in total. The van der Waals surface area contributed by atoms with Crippen LogP contribution in [-0.2, 0) is 0 Å². The van der Waals surface area contributed by atoms with Gasteiger partial charge in [-0.05, 0) is 42.0 Å². The lowest BCUT2D eigenvalue weighted by molar-refractivity contribution is -0.0350. The summed E-state index contributed by atoms with van der Waals surface area (Å²) in [5.41, 5.74) is 0.311. The van der Waals surface area contributed by atoms with Gasteiger partial charge in [-0.15, -0.1) is 22.7 Å². The summed E-state index contributed by atoms with van der Waals surface area (Å²) in [5, 5.41) is 12.6. The van der Waals surface area contributed by atoms with Crippen molar-refractivity contribution in [3.63, 3.8) is 0 Å². The average molecular weight is 346 g/mol. The Kier molecular flexibility index (Phi) is 3.15. The van der Waals surface area contributed by atoms with Crippen LogP contribution in [-0.4, -0.2) is 40.6 Å². The number of aromatic carboxylic acids is 1. The second kappa shape index (κ2) is 5.13. The van der Waals surface area contributed by atoms with Crippen molar-refractivity contribution in [1.29, 1.82) is 0 Å². The molecule has 6 rings (SSSR count). The number of carboxylic acids is 1. The zero-order chi connectivity index (χ0) is 15.6. The Morgan fingerprint density at radius 1 is 1.26 bits per heavy atom. The number of rotatable bonds is 3. The van der Waals surface area contributed by atoms with Crippen LogP contribution in [0.25, 0.3) is 9.88 Å². The van der Waals surface area contributed by atoms with Gasteiger partial charge in [0.05, 0.1) is 4.88 Å². The number of aromatic nitrogens is 1.